The molecule has 2 rings (SSSR count). The standard InChI is InChI=1S/C16H16F3NO/c17-13-6-4-12(5-7-13)16(9-20,10-21)8-11-2-1-3-14(18)15(11)19/h1-7,21H,8-10,20H2. The van der Waals surface area contributed by atoms with Gasteiger partial charge in [0, 0.05) is 12.0 Å². The molecule has 3 N–H and O–H groups in total. The third-order valence-corrected chi connectivity index (χ3v) is 3.71. The topological polar surface area (TPSA) is 46.2 Å². The first kappa shape index (κ1) is 15.5. The molecule has 1 atom stereocenters. The average molecular weight is 295 g/mol. The SMILES string of the molecule is NCC(CO)(Cc1cccc(F)c1F)c1ccc(F)cc1. The maximum Gasteiger partial charge on any atom is 0.162 e. The molecule has 0 aliphatic rings. The van der Waals surface area contributed by atoms with Crippen molar-refractivity contribution in [3.05, 3.63) is 71.0 Å². The van der Waals surface area contributed by atoms with Gasteiger partial charge in [-0.15, -0.1) is 0 Å². The second-order valence-corrected chi connectivity index (χ2v) is 5.04. The van der Waals surface area contributed by atoms with Crippen LogP contribution in [-0.2, 0) is 11.8 Å². The second-order valence-electron chi connectivity index (χ2n) is 5.04. The van der Waals surface area contributed by atoms with E-state index >= 15 is 0 Å². The summed E-state index contributed by atoms with van der Waals surface area (Å²) in [6, 6.07) is 9.36. The molecule has 2 aromatic rings. The summed E-state index contributed by atoms with van der Waals surface area (Å²) < 4.78 is 40.1. The van der Waals surface area contributed by atoms with Crippen molar-refractivity contribution in [2.45, 2.75) is 11.8 Å². The molecule has 0 spiro atoms. The predicted molar refractivity (Wildman–Crippen MR) is 74.3 cm³/mol. The smallest absolute Gasteiger partial charge is 0.162 e. The minimum absolute atomic E-state index is 0.0189. The Morgan fingerprint density at radius 3 is 2.24 bits per heavy atom. The Morgan fingerprint density at radius 2 is 1.67 bits per heavy atom. The lowest BCUT2D eigenvalue weighted by Crippen LogP contribution is -2.41. The number of nitrogens with two attached hydrogens (primary N) is 1. The fourth-order valence-electron chi connectivity index (χ4n) is 2.36. The zero-order chi connectivity index (χ0) is 15.5. The van der Waals surface area contributed by atoms with Crippen molar-refractivity contribution in [1.82, 2.24) is 0 Å². The highest BCUT2D eigenvalue weighted by Crippen LogP contribution is 2.29. The Hall–Kier alpha value is -1.85. The summed E-state index contributed by atoms with van der Waals surface area (Å²) in [5.41, 5.74) is 5.48. The Labute approximate surface area is 121 Å². The minimum atomic E-state index is -0.984. The summed E-state index contributed by atoms with van der Waals surface area (Å²) in [6.45, 7) is -0.337. The van der Waals surface area contributed by atoms with Gasteiger partial charge in [-0.05, 0) is 35.7 Å². The molecule has 0 aliphatic heterocycles. The highest BCUT2D eigenvalue weighted by Gasteiger charge is 2.32. The Balaban J connectivity index is 2.43. The van der Waals surface area contributed by atoms with Crippen LogP contribution in [0.1, 0.15) is 11.1 Å². The fraction of sp³-hybridized carbons (Fsp3) is 0.250. The molecule has 0 heterocycles. The van der Waals surface area contributed by atoms with E-state index in [9.17, 15) is 18.3 Å². The van der Waals surface area contributed by atoms with Crippen LogP contribution in [0, 0.1) is 17.5 Å². The van der Waals surface area contributed by atoms with E-state index in [4.69, 9.17) is 5.73 Å². The van der Waals surface area contributed by atoms with E-state index in [1.165, 1.54) is 36.4 Å². The van der Waals surface area contributed by atoms with Crippen molar-refractivity contribution < 1.29 is 18.3 Å². The Bertz CT molecular complexity index is 609. The summed E-state index contributed by atoms with van der Waals surface area (Å²) in [6.07, 6.45) is 0.0230. The fourth-order valence-corrected chi connectivity index (χ4v) is 2.36. The number of benzene rings is 2. The van der Waals surface area contributed by atoms with Crippen molar-refractivity contribution in [2.24, 2.45) is 5.73 Å². The second kappa shape index (κ2) is 6.28. The van der Waals surface area contributed by atoms with Gasteiger partial charge in [0.2, 0.25) is 0 Å². The zero-order valence-electron chi connectivity index (χ0n) is 11.3. The van der Waals surface area contributed by atoms with E-state index < -0.39 is 22.9 Å². The number of hydrogen-bond acceptors (Lipinski definition) is 2. The summed E-state index contributed by atoms with van der Waals surface area (Å²) in [5, 5.41) is 9.73. The van der Waals surface area contributed by atoms with E-state index in [0.717, 1.165) is 6.07 Å². The lowest BCUT2D eigenvalue weighted by molar-refractivity contribution is 0.194. The van der Waals surface area contributed by atoms with E-state index in [0.29, 0.717) is 5.56 Å². The van der Waals surface area contributed by atoms with E-state index in [1.807, 2.05) is 0 Å². The van der Waals surface area contributed by atoms with Gasteiger partial charge in [0.15, 0.2) is 11.6 Å². The largest absolute Gasteiger partial charge is 0.395 e. The highest BCUT2D eigenvalue weighted by atomic mass is 19.2. The molecule has 5 heteroatoms. The predicted octanol–water partition coefficient (Wildman–Crippen LogP) is 2.54. The van der Waals surface area contributed by atoms with Gasteiger partial charge in [0.25, 0.3) is 0 Å². The summed E-state index contributed by atoms with van der Waals surface area (Å²) in [7, 11) is 0. The third kappa shape index (κ3) is 3.09. The molecule has 0 aromatic heterocycles. The monoisotopic (exact) mass is 295 g/mol. The van der Waals surface area contributed by atoms with Gasteiger partial charge >= 0.3 is 0 Å². The van der Waals surface area contributed by atoms with Crippen LogP contribution in [0.4, 0.5) is 13.2 Å². The van der Waals surface area contributed by atoms with Gasteiger partial charge in [-0.1, -0.05) is 24.3 Å². The van der Waals surface area contributed by atoms with Crippen LogP contribution in [0.5, 0.6) is 0 Å². The lowest BCUT2D eigenvalue weighted by atomic mass is 9.76. The van der Waals surface area contributed by atoms with Gasteiger partial charge in [-0.3, -0.25) is 0 Å². The van der Waals surface area contributed by atoms with Gasteiger partial charge in [0.1, 0.15) is 5.82 Å². The maximum absolute atomic E-state index is 13.8. The summed E-state index contributed by atoms with van der Waals surface area (Å²) in [5.74, 6) is -2.32. The number of aliphatic hydroxyl groups excluding tert-OH is 1. The molecular weight excluding hydrogens is 279 g/mol. The quantitative estimate of drug-likeness (QED) is 0.890. The molecular formula is C16H16F3NO. The number of halogens is 3. The molecule has 0 aliphatic carbocycles. The number of hydrogen-bond donors (Lipinski definition) is 2. The Kier molecular flexibility index (Phi) is 4.65. The van der Waals surface area contributed by atoms with Gasteiger partial charge in [-0.2, -0.15) is 0 Å². The molecule has 2 nitrogen and oxygen atoms in total. The van der Waals surface area contributed by atoms with Crippen LogP contribution in [0.25, 0.3) is 0 Å². The molecule has 0 saturated heterocycles. The highest BCUT2D eigenvalue weighted by molar-refractivity contribution is 5.31. The van der Waals surface area contributed by atoms with Crippen LogP contribution in [0.2, 0.25) is 0 Å². The first-order chi connectivity index (χ1) is 10.0. The third-order valence-electron chi connectivity index (χ3n) is 3.71. The van der Waals surface area contributed by atoms with Crippen LogP contribution in [0.3, 0.4) is 0 Å². The van der Waals surface area contributed by atoms with Crippen molar-refractivity contribution in [2.75, 3.05) is 13.2 Å². The van der Waals surface area contributed by atoms with Gasteiger partial charge < -0.3 is 10.8 Å². The summed E-state index contributed by atoms with van der Waals surface area (Å²) in [4.78, 5) is 0. The molecule has 0 fully saturated rings. The van der Waals surface area contributed by atoms with Gasteiger partial charge in [-0.25, -0.2) is 13.2 Å². The molecule has 0 radical (unpaired) electrons. The molecule has 1 unspecified atom stereocenters. The summed E-state index contributed by atoms with van der Waals surface area (Å²) >= 11 is 0. The Morgan fingerprint density at radius 1 is 1.00 bits per heavy atom. The van der Waals surface area contributed by atoms with Crippen molar-refractivity contribution in [1.29, 1.82) is 0 Å². The molecule has 2 aromatic carbocycles. The van der Waals surface area contributed by atoms with Crippen LogP contribution < -0.4 is 5.73 Å². The molecule has 112 valence electrons. The van der Waals surface area contributed by atoms with E-state index in [1.54, 1.807) is 0 Å². The van der Waals surface area contributed by atoms with Crippen LogP contribution in [-0.4, -0.2) is 18.3 Å². The average Bonchev–Trinajstić information content (AvgIpc) is 2.50. The number of rotatable bonds is 5. The molecule has 21 heavy (non-hydrogen) atoms. The van der Waals surface area contributed by atoms with Crippen LogP contribution in [0.15, 0.2) is 42.5 Å². The van der Waals surface area contributed by atoms with Crippen molar-refractivity contribution in [3.8, 4) is 0 Å². The van der Waals surface area contributed by atoms with Crippen molar-refractivity contribution >= 4 is 0 Å². The lowest BCUT2D eigenvalue weighted by Gasteiger charge is -2.31. The number of aliphatic hydroxyl groups is 1. The molecule has 0 bridgehead atoms. The first-order valence-corrected chi connectivity index (χ1v) is 6.52. The maximum atomic E-state index is 13.8. The van der Waals surface area contributed by atoms with Crippen molar-refractivity contribution in [3.63, 3.8) is 0 Å². The minimum Gasteiger partial charge on any atom is -0.395 e. The first-order valence-electron chi connectivity index (χ1n) is 6.52. The molecule has 0 amide bonds. The normalized spacial score (nSPS) is 14.0. The van der Waals surface area contributed by atoms with E-state index in [-0.39, 0.29) is 25.1 Å². The molecule has 0 saturated carbocycles. The zero-order valence-corrected chi connectivity index (χ0v) is 11.3. The van der Waals surface area contributed by atoms with Crippen LogP contribution >= 0.6 is 0 Å². The van der Waals surface area contributed by atoms with Gasteiger partial charge in [0.05, 0.1) is 6.61 Å². The van der Waals surface area contributed by atoms with E-state index in [2.05, 4.69) is 0 Å².